The molecule has 2 amide bonds. The summed E-state index contributed by atoms with van der Waals surface area (Å²) < 4.78 is 1.06. The van der Waals surface area contributed by atoms with Gasteiger partial charge in [-0.1, -0.05) is 49.4 Å². The van der Waals surface area contributed by atoms with Crippen LogP contribution in [0.25, 0.3) is 11.3 Å². The van der Waals surface area contributed by atoms with Gasteiger partial charge < -0.3 is 10.6 Å². The van der Waals surface area contributed by atoms with Crippen molar-refractivity contribution in [2.75, 3.05) is 10.6 Å². The van der Waals surface area contributed by atoms with E-state index in [1.807, 2.05) is 54.6 Å². The van der Waals surface area contributed by atoms with E-state index in [0.29, 0.717) is 11.4 Å². The molecule has 3 rings (SSSR count). The fourth-order valence-corrected chi connectivity index (χ4v) is 2.84. The Hall–Kier alpha value is -3.74. The van der Waals surface area contributed by atoms with Gasteiger partial charge in [-0.2, -0.15) is 5.10 Å². The number of carbonyl (C=O) groups excluding carboxylic acids is 2. The Bertz CT molecular complexity index is 1070. The number of anilines is 2. The van der Waals surface area contributed by atoms with Crippen molar-refractivity contribution in [3.63, 3.8) is 0 Å². The van der Waals surface area contributed by atoms with Crippen molar-refractivity contribution >= 4 is 23.2 Å². The maximum absolute atomic E-state index is 12.7. The van der Waals surface area contributed by atoms with Gasteiger partial charge in [0.25, 0.3) is 5.56 Å². The van der Waals surface area contributed by atoms with Gasteiger partial charge in [-0.25, -0.2) is 4.68 Å². The first-order valence-corrected chi connectivity index (χ1v) is 9.30. The molecule has 29 heavy (non-hydrogen) atoms. The molecule has 0 spiro atoms. The zero-order chi connectivity index (χ0) is 20.8. The summed E-state index contributed by atoms with van der Waals surface area (Å²) in [6.45, 7) is 3.10. The lowest BCUT2D eigenvalue weighted by Gasteiger charge is -2.11. The second kappa shape index (κ2) is 8.97. The molecule has 0 fully saturated rings. The van der Waals surface area contributed by atoms with Crippen molar-refractivity contribution in [2.45, 2.75) is 26.8 Å². The third kappa shape index (κ3) is 5.16. The summed E-state index contributed by atoms with van der Waals surface area (Å²) in [6.07, 6.45) is 0.908. The van der Waals surface area contributed by atoms with Crippen LogP contribution >= 0.6 is 0 Å². The lowest BCUT2D eigenvalue weighted by atomic mass is 10.1. The SMILES string of the molecule is CCc1ccc(NC(=O)Cn2nc(-c3ccccc3)cc(NC(C)=O)c2=O)cc1. The number of amides is 2. The van der Waals surface area contributed by atoms with Gasteiger partial charge in [0, 0.05) is 18.2 Å². The van der Waals surface area contributed by atoms with E-state index in [4.69, 9.17) is 0 Å². The molecule has 2 N–H and O–H groups in total. The summed E-state index contributed by atoms with van der Waals surface area (Å²) in [5.41, 5.74) is 2.58. The molecule has 7 nitrogen and oxygen atoms in total. The van der Waals surface area contributed by atoms with E-state index < -0.39 is 5.56 Å². The summed E-state index contributed by atoms with van der Waals surface area (Å²) >= 11 is 0. The number of hydrogen-bond acceptors (Lipinski definition) is 4. The Morgan fingerprint density at radius 2 is 1.69 bits per heavy atom. The van der Waals surface area contributed by atoms with Crippen LogP contribution in [0.15, 0.2) is 65.5 Å². The Morgan fingerprint density at radius 3 is 2.31 bits per heavy atom. The quantitative estimate of drug-likeness (QED) is 0.676. The maximum Gasteiger partial charge on any atom is 0.291 e. The van der Waals surface area contributed by atoms with Crippen molar-refractivity contribution in [1.82, 2.24) is 9.78 Å². The lowest BCUT2D eigenvalue weighted by Crippen LogP contribution is -2.32. The first-order valence-electron chi connectivity index (χ1n) is 9.30. The average molecular weight is 390 g/mol. The van der Waals surface area contributed by atoms with Crippen molar-refractivity contribution in [3.8, 4) is 11.3 Å². The second-order valence-corrected chi connectivity index (χ2v) is 6.55. The lowest BCUT2D eigenvalue weighted by molar-refractivity contribution is -0.117. The van der Waals surface area contributed by atoms with Crippen LogP contribution in [0.1, 0.15) is 19.4 Å². The van der Waals surface area contributed by atoms with Crippen LogP contribution in [0.5, 0.6) is 0 Å². The molecule has 1 heterocycles. The molecule has 0 bridgehead atoms. The summed E-state index contributed by atoms with van der Waals surface area (Å²) in [4.78, 5) is 36.6. The summed E-state index contributed by atoms with van der Waals surface area (Å²) in [7, 11) is 0. The average Bonchev–Trinajstić information content (AvgIpc) is 2.71. The topological polar surface area (TPSA) is 93.1 Å². The first-order chi connectivity index (χ1) is 14.0. The fourth-order valence-electron chi connectivity index (χ4n) is 2.84. The molecule has 0 saturated carbocycles. The molecule has 0 unspecified atom stereocenters. The standard InChI is InChI=1S/C22H22N4O3/c1-3-16-9-11-18(12-10-16)24-21(28)14-26-22(29)20(23-15(2)27)13-19(25-26)17-7-5-4-6-8-17/h4-13H,3,14H2,1-2H3,(H,23,27)(H,24,28). The number of aryl methyl sites for hydroxylation is 1. The minimum Gasteiger partial charge on any atom is -0.324 e. The number of hydrogen-bond donors (Lipinski definition) is 2. The first kappa shape index (κ1) is 20.0. The Balaban J connectivity index is 1.89. The van der Waals surface area contributed by atoms with E-state index in [9.17, 15) is 14.4 Å². The molecule has 0 atom stereocenters. The van der Waals surface area contributed by atoms with Crippen LogP contribution in [-0.2, 0) is 22.6 Å². The van der Waals surface area contributed by atoms with E-state index in [1.165, 1.54) is 13.0 Å². The Labute approximate surface area is 168 Å². The number of nitrogens with zero attached hydrogens (tertiary/aromatic N) is 2. The van der Waals surface area contributed by atoms with Gasteiger partial charge in [0.15, 0.2) is 0 Å². The van der Waals surface area contributed by atoms with Gasteiger partial charge in [-0.3, -0.25) is 14.4 Å². The highest BCUT2D eigenvalue weighted by Gasteiger charge is 2.14. The van der Waals surface area contributed by atoms with E-state index in [1.54, 1.807) is 0 Å². The normalized spacial score (nSPS) is 10.4. The monoisotopic (exact) mass is 390 g/mol. The smallest absolute Gasteiger partial charge is 0.291 e. The van der Waals surface area contributed by atoms with E-state index in [2.05, 4.69) is 22.7 Å². The number of aromatic nitrogens is 2. The van der Waals surface area contributed by atoms with Crippen LogP contribution in [0, 0.1) is 0 Å². The third-order valence-corrected chi connectivity index (χ3v) is 4.29. The molecular weight excluding hydrogens is 368 g/mol. The van der Waals surface area contributed by atoms with Crippen molar-refractivity contribution in [2.24, 2.45) is 0 Å². The minimum atomic E-state index is -0.545. The molecular formula is C22H22N4O3. The van der Waals surface area contributed by atoms with Gasteiger partial charge in [-0.15, -0.1) is 0 Å². The van der Waals surface area contributed by atoms with Crippen LogP contribution in [0.3, 0.4) is 0 Å². The number of nitrogens with one attached hydrogen (secondary N) is 2. The van der Waals surface area contributed by atoms with Crippen LogP contribution in [0.2, 0.25) is 0 Å². The molecule has 0 radical (unpaired) electrons. The molecule has 7 heteroatoms. The molecule has 3 aromatic rings. The highest BCUT2D eigenvalue weighted by atomic mass is 16.2. The number of carbonyl (C=O) groups is 2. The van der Waals surface area contributed by atoms with Crippen LogP contribution in [-0.4, -0.2) is 21.6 Å². The predicted octanol–water partition coefficient (Wildman–Crippen LogP) is 3.07. The summed E-state index contributed by atoms with van der Waals surface area (Å²) in [6, 6.07) is 18.2. The molecule has 148 valence electrons. The van der Waals surface area contributed by atoms with E-state index in [-0.39, 0.29) is 24.0 Å². The summed E-state index contributed by atoms with van der Waals surface area (Å²) in [5, 5.41) is 9.59. The fraction of sp³-hybridized carbons (Fsp3) is 0.182. The van der Waals surface area contributed by atoms with Crippen molar-refractivity contribution in [1.29, 1.82) is 0 Å². The Kier molecular flexibility index (Phi) is 6.19. The molecule has 0 saturated heterocycles. The van der Waals surface area contributed by atoms with Gasteiger partial charge in [0.05, 0.1) is 5.69 Å². The largest absolute Gasteiger partial charge is 0.324 e. The van der Waals surface area contributed by atoms with E-state index >= 15 is 0 Å². The number of rotatable bonds is 6. The molecule has 1 aromatic heterocycles. The molecule has 2 aromatic carbocycles. The van der Waals surface area contributed by atoms with Crippen LogP contribution < -0.4 is 16.2 Å². The molecule has 0 aliphatic rings. The highest BCUT2D eigenvalue weighted by Crippen LogP contribution is 2.18. The number of benzene rings is 2. The van der Waals surface area contributed by atoms with Crippen LogP contribution in [0.4, 0.5) is 11.4 Å². The predicted molar refractivity (Wildman–Crippen MR) is 113 cm³/mol. The zero-order valence-corrected chi connectivity index (χ0v) is 16.3. The van der Waals surface area contributed by atoms with Crippen molar-refractivity contribution < 1.29 is 9.59 Å². The maximum atomic E-state index is 12.7. The minimum absolute atomic E-state index is 0.0754. The van der Waals surface area contributed by atoms with E-state index in [0.717, 1.165) is 22.2 Å². The second-order valence-electron chi connectivity index (χ2n) is 6.55. The van der Waals surface area contributed by atoms with Gasteiger partial charge in [0.2, 0.25) is 11.8 Å². The zero-order valence-electron chi connectivity index (χ0n) is 16.3. The molecule has 0 aliphatic heterocycles. The third-order valence-electron chi connectivity index (χ3n) is 4.29. The van der Waals surface area contributed by atoms with Gasteiger partial charge >= 0.3 is 0 Å². The molecule has 0 aliphatic carbocycles. The summed E-state index contributed by atoms with van der Waals surface area (Å²) in [5.74, 6) is -0.762. The van der Waals surface area contributed by atoms with Gasteiger partial charge in [0.1, 0.15) is 12.2 Å². The van der Waals surface area contributed by atoms with Crippen molar-refractivity contribution in [3.05, 3.63) is 76.6 Å². The Morgan fingerprint density at radius 1 is 1.00 bits per heavy atom. The highest BCUT2D eigenvalue weighted by molar-refractivity contribution is 5.91. The van der Waals surface area contributed by atoms with Gasteiger partial charge in [-0.05, 0) is 30.2 Å².